The van der Waals surface area contributed by atoms with Crippen LogP contribution in [0.2, 0.25) is 0 Å². The summed E-state index contributed by atoms with van der Waals surface area (Å²) in [5.41, 5.74) is 1.07. The maximum absolute atomic E-state index is 12.7. The molecule has 1 amide bonds. The van der Waals surface area contributed by atoms with Crippen LogP contribution in [0.5, 0.6) is 0 Å². The number of thiazole rings is 1. The third-order valence-corrected chi connectivity index (χ3v) is 6.96. The monoisotopic (exact) mass is 416 g/mol. The Labute approximate surface area is 177 Å². The number of likely N-dealkylation sites (tertiary alicyclic amines) is 2. The molecule has 4 heterocycles. The predicted octanol–water partition coefficient (Wildman–Crippen LogP) is 2.96. The first-order valence-electron chi connectivity index (χ1n) is 10.7. The lowest BCUT2D eigenvalue weighted by Crippen LogP contribution is -2.38. The van der Waals surface area contributed by atoms with Crippen LogP contribution in [0.25, 0.3) is 0 Å². The molecule has 2 saturated heterocycles. The number of rotatable bonds is 6. The van der Waals surface area contributed by atoms with Gasteiger partial charge in [-0.15, -0.1) is 11.3 Å². The van der Waals surface area contributed by atoms with E-state index in [1.165, 1.54) is 12.8 Å². The third-order valence-electron chi connectivity index (χ3n) is 6.15. The normalized spacial score (nSPS) is 22.1. The Morgan fingerprint density at radius 1 is 1.21 bits per heavy atom. The van der Waals surface area contributed by atoms with Crippen LogP contribution in [0.4, 0.5) is 5.13 Å². The molecule has 1 atom stereocenters. The minimum atomic E-state index is 0.0721. The Hall–Kier alpha value is -1.77. The van der Waals surface area contributed by atoms with E-state index in [-0.39, 0.29) is 11.8 Å². The molecular formula is C21H32N6OS. The SMILES string of the molecule is CC1CCCN(Cc2csc(NC(=O)C3CCN(Cc4nccn4C)CC3)n2)C1. The minimum absolute atomic E-state index is 0.0721. The van der Waals surface area contributed by atoms with Gasteiger partial charge in [-0.2, -0.15) is 0 Å². The van der Waals surface area contributed by atoms with Gasteiger partial charge in [-0.25, -0.2) is 9.97 Å². The molecule has 1 unspecified atom stereocenters. The zero-order valence-corrected chi connectivity index (χ0v) is 18.3. The van der Waals surface area contributed by atoms with Gasteiger partial charge >= 0.3 is 0 Å². The average molecular weight is 417 g/mol. The van der Waals surface area contributed by atoms with Crippen LogP contribution in [0, 0.1) is 11.8 Å². The van der Waals surface area contributed by atoms with Gasteiger partial charge in [0.25, 0.3) is 0 Å². The summed E-state index contributed by atoms with van der Waals surface area (Å²) in [4.78, 5) is 26.6. The highest BCUT2D eigenvalue weighted by Gasteiger charge is 2.26. The van der Waals surface area contributed by atoms with E-state index in [1.54, 1.807) is 11.3 Å². The van der Waals surface area contributed by atoms with E-state index < -0.39 is 0 Å². The van der Waals surface area contributed by atoms with Crippen molar-refractivity contribution in [1.29, 1.82) is 0 Å². The standard InChI is InChI=1S/C21H32N6OS/c1-16-4-3-8-27(12-16)13-18-15-29-21(23-18)24-20(28)17-5-9-26(10-6-17)14-19-22-7-11-25(19)2/h7,11,15-17H,3-6,8-10,12-14H2,1-2H3,(H,23,24,28). The zero-order chi connectivity index (χ0) is 20.2. The van der Waals surface area contributed by atoms with Crippen molar-refractivity contribution in [2.75, 3.05) is 31.5 Å². The molecule has 0 aromatic carbocycles. The van der Waals surface area contributed by atoms with Crippen molar-refractivity contribution in [3.8, 4) is 0 Å². The molecular weight excluding hydrogens is 384 g/mol. The summed E-state index contributed by atoms with van der Waals surface area (Å²) in [5.74, 6) is 2.04. The molecule has 29 heavy (non-hydrogen) atoms. The highest BCUT2D eigenvalue weighted by molar-refractivity contribution is 7.13. The molecule has 7 nitrogen and oxygen atoms in total. The van der Waals surface area contributed by atoms with Crippen molar-refractivity contribution in [2.45, 2.75) is 45.7 Å². The Morgan fingerprint density at radius 3 is 2.76 bits per heavy atom. The van der Waals surface area contributed by atoms with Crippen molar-refractivity contribution in [1.82, 2.24) is 24.3 Å². The van der Waals surface area contributed by atoms with E-state index in [9.17, 15) is 4.79 Å². The van der Waals surface area contributed by atoms with Crippen molar-refractivity contribution >= 4 is 22.4 Å². The Morgan fingerprint density at radius 2 is 2.03 bits per heavy atom. The number of aromatic nitrogens is 3. The number of anilines is 1. The molecule has 2 aromatic heterocycles. The van der Waals surface area contributed by atoms with Crippen molar-refractivity contribution < 1.29 is 4.79 Å². The first-order valence-corrected chi connectivity index (χ1v) is 11.6. The Kier molecular flexibility index (Phi) is 6.62. The number of imidazole rings is 1. The Bertz CT molecular complexity index is 810. The van der Waals surface area contributed by atoms with Gasteiger partial charge in [-0.3, -0.25) is 14.6 Å². The minimum Gasteiger partial charge on any atom is -0.337 e. The molecule has 0 saturated carbocycles. The van der Waals surface area contributed by atoms with Gasteiger partial charge in [0.1, 0.15) is 5.82 Å². The Balaban J connectivity index is 1.23. The fraction of sp³-hybridized carbons (Fsp3) is 0.667. The molecule has 2 fully saturated rings. The zero-order valence-electron chi connectivity index (χ0n) is 17.5. The van der Waals surface area contributed by atoms with Crippen LogP contribution in [-0.2, 0) is 24.9 Å². The average Bonchev–Trinajstić information content (AvgIpc) is 3.31. The van der Waals surface area contributed by atoms with Gasteiger partial charge < -0.3 is 9.88 Å². The lowest BCUT2D eigenvalue weighted by atomic mass is 9.96. The van der Waals surface area contributed by atoms with E-state index >= 15 is 0 Å². The second kappa shape index (κ2) is 9.36. The van der Waals surface area contributed by atoms with E-state index in [1.807, 2.05) is 19.4 Å². The molecule has 1 N–H and O–H groups in total. The van der Waals surface area contributed by atoms with Gasteiger partial charge in [0, 0.05) is 43.8 Å². The fourth-order valence-corrected chi connectivity index (χ4v) is 5.11. The van der Waals surface area contributed by atoms with Crippen LogP contribution in [0.3, 0.4) is 0 Å². The predicted molar refractivity (Wildman–Crippen MR) is 116 cm³/mol. The van der Waals surface area contributed by atoms with Gasteiger partial charge in [0.15, 0.2) is 5.13 Å². The van der Waals surface area contributed by atoms with Gasteiger partial charge in [-0.1, -0.05) is 6.92 Å². The van der Waals surface area contributed by atoms with E-state index in [0.29, 0.717) is 0 Å². The first kappa shape index (κ1) is 20.5. The molecule has 2 aliphatic rings. The van der Waals surface area contributed by atoms with Gasteiger partial charge in [-0.05, 0) is 51.2 Å². The lowest BCUT2D eigenvalue weighted by Gasteiger charge is -2.30. The van der Waals surface area contributed by atoms with Crippen LogP contribution in [0.15, 0.2) is 17.8 Å². The molecule has 2 aliphatic heterocycles. The lowest BCUT2D eigenvalue weighted by molar-refractivity contribution is -0.121. The van der Waals surface area contributed by atoms with Crippen molar-refractivity contribution in [3.05, 3.63) is 29.3 Å². The summed E-state index contributed by atoms with van der Waals surface area (Å²) < 4.78 is 2.06. The highest BCUT2D eigenvalue weighted by Crippen LogP contribution is 2.24. The largest absolute Gasteiger partial charge is 0.337 e. The second-order valence-electron chi connectivity index (χ2n) is 8.62. The molecule has 0 aliphatic carbocycles. The summed E-state index contributed by atoms with van der Waals surface area (Å²) in [6.07, 6.45) is 8.19. The maximum Gasteiger partial charge on any atom is 0.229 e. The smallest absolute Gasteiger partial charge is 0.229 e. The van der Waals surface area contributed by atoms with Crippen LogP contribution < -0.4 is 5.32 Å². The number of nitrogens with one attached hydrogen (secondary N) is 1. The number of hydrogen-bond donors (Lipinski definition) is 1. The molecule has 4 rings (SSSR count). The van der Waals surface area contributed by atoms with Crippen LogP contribution >= 0.6 is 11.3 Å². The number of amides is 1. The number of aryl methyl sites for hydroxylation is 1. The van der Waals surface area contributed by atoms with Crippen molar-refractivity contribution in [3.63, 3.8) is 0 Å². The quantitative estimate of drug-likeness (QED) is 0.784. The van der Waals surface area contributed by atoms with E-state index in [2.05, 4.69) is 42.0 Å². The van der Waals surface area contributed by atoms with E-state index in [0.717, 1.165) is 74.7 Å². The number of nitrogens with zero attached hydrogens (tertiary/aromatic N) is 5. The summed E-state index contributed by atoms with van der Waals surface area (Å²) in [5, 5.41) is 5.89. The summed E-state index contributed by atoms with van der Waals surface area (Å²) in [7, 11) is 2.02. The third kappa shape index (κ3) is 5.43. The maximum atomic E-state index is 12.7. The highest BCUT2D eigenvalue weighted by atomic mass is 32.1. The number of carbonyl (C=O) groups is 1. The molecule has 2 aromatic rings. The second-order valence-corrected chi connectivity index (χ2v) is 9.48. The molecule has 8 heteroatoms. The van der Waals surface area contributed by atoms with Gasteiger partial charge in [0.05, 0.1) is 12.2 Å². The summed E-state index contributed by atoms with van der Waals surface area (Å²) >= 11 is 1.55. The van der Waals surface area contributed by atoms with Gasteiger partial charge in [0.2, 0.25) is 5.91 Å². The number of piperidine rings is 2. The molecule has 0 spiro atoms. The van der Waals surface area contributed by atoms with E-state index in [4.69, 9.17) is 0 Å². The fourth-order valence-electron chi connectivity index (χ4n) is 4.41. The number of carbonyl (C=O) groups excluding carboxylic acids is 1. The van der Waals surface area contributed by atoms with Crippen LogP contribution in [0.1, 0.15) is 44.1 Å². The topological polar surface area (TPSA) is 66.3 Å². The number of hydrogen-bond acceptors (Lipinski definition) is 6. The molecule has 158 valence electrons. The van der Waals surface area contributed by atoms with Crippen LogP contribution in [-0.4, -0.2) is 56.4 Å². The molecule has 0 radical (unpaired) electrons. The van der Waals surface area contributed by atoms with Crippen molar-refractivity contribution in [2.24, 2.45) is 18.9 Å². The molecule has 0 bridgehead atoms. The summed E-state index contributed by atoms with van der Waals surface area (Å²) in [6, 6.07) is 0. The summed E-state index contributed by atoms with van der Waals surface area (Å²) in [6.45, 7) is 8.23. The first-order chi connectivity index (χ1) is 14.1.